The molecule has 0 spiro atoms. The second-order valence-electron chi connectivity index (χ2n) is 4.91. The minimum absolute atomic E-state index is 0.0415. The lowest BCUT2D eigenvalue weighted by Crippen LogP contribution is -2.42. The highest BCUT2D eigenvalue weighted by molar-refractivity contribution is 5.78. The molecule has 1 aliphatic heterocycles. The molecule has 0 radical (unpaired) electrons. The third-order valence-electron chi connectivity index (χ3n) is 3.34. The van der Waals surface area contributed by atoms with Crippen LogP contribution in [0, 0.1) is 0 Å². The third-order valence-corrected chi connectivity index (χ3v) is 3.34. The molecule has 0 bridgehead atoms. The predicted molar refractivity (Wildman–Crippen MR) is 76.7 cm³/mol. The first-order chi connectivity index (χ1) is 9.78. The summed E-state index contributed by atoms with van der Waals surface area (Å²) in [5.41, 5.74) is 1.10. The standard InChI is InChI=1S/C15H22N2O3/c1-19-14-4-2-3-12(9-14)10-16-11-15(18)17-13-5-7-20-8-6-13/h2-4,9,13,16H,5-8,10-11H2,1H3,(H,17,18). The van der Waals surface area contributed by atoms with Crippen LogP contribution in [-0.2, 0) is 16.1 Å². The van der Waals surface area contributed by atoms with Gasteiger partial charge in [0.25, 0.3) is 0 Å². The Morgan fingerprint density at radius 1 is 1.40 bits per heavy atom. The normalized spacial score (nSPS) is 15.8. The molecule has 20 heavy (non-hydrogen) atoms. The Morgan fingerprint density at radius 3 is 2.95 bits per heavy atom. The van der Waals surface area contributed by atoms with Crippen molar-refractivity contribution in [2.45, 2.75) is 25.4 Å². The Hall–Kier alpha value is -1.59. The van der Waals surface area contributed by atoms with Crippen molar-refractivity contribution < 1.29 is 14.3 Å². The Kier molecular flexibility index (Phi) is 5.83. The first-order valence-electron chi connectivity index (χ1n) is 6.98. The molecule has 1 fully saturated rings. The van der Waals surface area contributed by atoms with Crippen LogP contribution in [0.2, 0.25) is 0 Å². The fraction of sp³-hybridized carbons (Fsp3) is 0.533. The summed E-state index contributed by atoms with van der Waals surface area (Å²) in [6, 6.07) is 8.07. The molecule has 1 saturated heterocycles. The first-order valence-corrected chi connectivity index (χ1v) is 6.98. The quantitative estimate of drug-likeness (QED) is 0.817. The van der Waals surface area contributed by atoms with Crippen molar-refractivity contribution >= 4 is 5.91 Å². The van der Waals surface area contributed by atoms with Crippen molar-refractivity contribution in [3.63, 3.8) is 0 Å². The second-order valence-corrected chi connectivity index (χ2v) is 4.91. The van der Waals surface area contributed by atoms with Gasteiger partial charge in [-0.2, -0.15) is 0 Å². The molecule has 2 rings (SSSR count). The van der Waals surface area contributed by atoms with Crippen molar-refractivity contribution in [2.24, 2.45) is 0 Å². The van der Waals surface area contributed by atoms with Gasteiger partial charge in [0, 0.05) is 25.8 Å². The number of carbonyl (C=O) groups is 1. The van der Waals surface area contributed by atoms with Crippen LogP contribution in [0.4, 0.5) is 0 Å². The van der Waals surface area contributed by atoms with Crippen LogP contribution in [-0.4, -0.2) is 38.8 Å². The summed E-state index contributed by atoms with van der Waals surface area (Å²) in [5.74, 6) is 0.871. The van der Waals surface area contributed by atoms with E-state index >= 15 is 0 Å². The molecule has 1 heterocycles. The minimum atomic E-state index is 0.0415. The smallest absolute Gasteiger partial charge is 0.234 e. The average molecular weight is 278 g/mol. The van der Waals surface area contributed by atoms with E-state index in [2.05, 4.69) is 10.6 Å². The molecule has 5 heteroatoms. The topological polar surface area (TPSA) is 59.6 Å². The van der Waals surface area contributed by atoms with Crippen LogP contribution in [0.25, 0.3) is 0 Å². The fourth-order valence-corrected chi connectivity index (χ4v) is 2.22. The lowest BCUT2D eigenvalue weighted by Gasteiger charge is -2.23. The number of hydrogen-bond donors (Lipinski definition) is 2. The largest absolute Gasteiger partial charge is 0.497 e. The molecular weight excluding hydrogens is 256 g/mol. The first kappa shape index (κ1) is 14.8. The average Bonchev–Trinajstić information content (AvgIpc) is 2.48. The molecule has 5 nitrogen and oxygen atoms in total. The number of benzene rings is 1. The maximum Gasteiger partial charge on any atom is 0.234 e. The summed E-state index contributed by atoms with van der Waals surface area (Å²) >= 11 is 0. The van der Waals surface area contributed by atoms with Gasteiger partial charge in [-0.25, -0.2) is 0 Å². The van der Waals surface area contributed by atoms with E-state index in [0.29, 0.717) is 13.1 Å². The Bertz CT molecular complexity index is 431. The van der Waals surface area contributed by atoms with Gasteiger partial charge in [0.05, 0.1) is 13.7 Å². The van der Waals surface area contributed by atoms with E-state index in [9.17, 15) is 4.79 Å². The zero-order chi connectivity index (χ0) is 14.2. The van der Waals surface area contributed by atoms with Gasteiger partial charge in [-0.05, 0) is 30.5 Å². The van der Waals surface area contributed by atoms with Gasteiger partial charge in [-0.15, -0.1) is 0 Å². The molecule has 0 aliphatic carbocycles. The van der Waals surface area contributed by atoms with Gasteiger partial charge < -0.3 is 20.1 Å². The number of rotatable bonds is 6. The molecular formula is C15H22N2O3. The van der Waals surface area contributed by atoms with Gasteiger partial charge >= 0.3 is 0 Å². The maximum absolute atomic E-state index is 11.8. The molecule has 1 aromatic carbocycles. The van der Waals surface area contributed by atoms with Gasteiger partial charge in [0.2, 0.25) is 5.91 Å². The Morgan fingerprint density at radius 2 is 2.20 bits per heavy atom. The van der Waals surface area contributed by atoms with Crippen LogP contribution < -0.4 is 15.4 Å². The number of amides is 1. The summed E-state index contributed by atoms with van der Waals surface area (Å²) in [4.78, 5) is 11.8. The molecule has 1 aromatic rings. The summed E-state index contributed by atoms with van der Waals surface area (Å²) in [6.07, 6.45) is 1.81. The lowest BCUT2D eigenvalue weighted by atomic mass is 10.1. The van der Waals surface area contributed by atoms with E-state index in [1.54, 1.807) is 7.11 Å². The summed E-state index contributed by atoms with van der Waals surface area (Å²) in [5, 5.41) is 6.17. The number of hydrogen-bond acceptors (Lipinski definition) is 4. The fourth-order valence-electron chi connectivity index (χ4n) is 2.22. The van der Waals surface area contributed by atoms with Crippen LogP contribution in [0.3, 0.4) is 0 Å². The van der Waals surface area contributed by atoms with Crippen LogP contribution in [0.5, 0.6) is 5.75 Å². The van der Waals surface area contributed by atoms with Gasteiger partial charge in [0.1, 0.15) is 5.75 Å². The molecule has 0 saturated carbocycles. The molecule has 1 amide bonds. The second kappa shape index (κ2) is 7.87. The molecule has 110 valence electrons. The highest BCUT2D eigenvalue weighted by Gasteiger charge is 2.15. The van der Waals surface area contributed by atoms with E-state index in [1.807, 2.05) is 24.3 Å². The van der Waals surface area contributed by atoms with Gasteiger partial charge in [-0.1, -0.05) is 12.1 Å². The van der Waals surface area contributed by atoms with E-state index < -0.39 is 0 Å². The minimum Gasteiger partial charge on any atom is -0.497 e. The number of ether oxygens (including phenoxy) is 2. The Balaban J connectivity index is 1.67. The highest BCUT2D eigenvalue weighted by Crippen LogP contribution is 2.12. The van der Waals surface area contributed by atoms with Crippen molar-refractivity contribution in [1.29, 1.82) is 0 Å². The van der Waals surface area contributed by atoms with E-state index in [0.717, 1.165) is 37.4 Å². The van der Waals surface area contributed by atoms with Crippen molar-refractivity contribution in [2.75, 3.05) is 26.9 Å². The highest BCUT2D eigenvalue weighted by atomic mass is 16.5. The summed E-state index contributed by atoms with van der Waals surface area (Å²) in [6.45, 7) is 2.46. The van der Waals surface area contributed by atoms with E-state index in [4.69, 9.17) is 9.47 Å². The van der Waals surface area contributed by atoms with Gasteiger partial charge in [-0.3, -0.25) is 4.79 Å². The van der Waals surface area contributed by atoms with Crippen LogP contribution in [0.1, 0.15) is 18.4 Å². The molecule has 2 N–H and O–H groups in total. The van der Waals surface area contributed by atoms with E-state index in [-0.39, 0.29) is 11.9 Å². The maximum atomic E-state index is 11.8. The SMILES string of the molecule is COc1cccc(CNCC(=O)NC2CCOCC2)c1. The number of carbonyl (C=O) groups excluding carboxylic acids is 1. The van der Waals surface area contributed by atoms with Crippen molar-refractivity contribution in [1.82, 2.24) is 10.6 Å². The number of nitrogens with one attached hydrogen (secondary N) is 2. The van der Waals surface area contributed by atoms with Gasteiger partial charge in [0.15, 0.2) is 0 Å². The Labute approximate surface area is 119 Å². The van der Waals surface area contributed by atoms with Crippen molar-refractivity contribution in [3.8, 4) is 5.75 Å². The molecule has 1 aliphatic rings. The zero-order valence-corrected chi connectivity index (χ0v) is 11.9. The third kappa shape index (κ3) is 4.83. The lowest BCUT2D eigenvalue weighted by molar-refractivity contribution is -0.121. The summed E-state index contributed by atoms with van der Waals surface area (Å²) in [7, 11) is 1.65. The monoisotopic (exact) mass is 278 g/mol. The number of methoxy groups -OCH3 is 1. The summed E-state index contributed by atoms with van der Waals surface area (Å²) < 4.78 is 10.4. The van der Waals surface area contributed by atoms with Crippen LogP contribution >= 0.6 is 0 Å². The zero-order valence-electron chi connectivity index (χ0n) is 11.9. The molecule has 0 aromatic heterocycles. The van der Waals surface area contributed by atoms with Crippen LogP contribution in [0.15, 0.2) is 24.3 Å². The van der Waals surface area contributed by atoms with Crippen molar-refractivity contribution in [3.05, 3.63) is 29.8 Å². The molecule has 0 atom stereocenters. The molecule has 0 unspecified atom stereocenters. The van der Waals surface area contributed by atoms with E-state index in [1.165, 1.54) is 0 Å². The predicted octanol–water partition coefficient (Wildman–Crippen LogP) is 1.08.